The van der Waals surface area contributed by atoms with Crippen LogP contribution in [0.25, 0.3) is 0 Å². The second-order valence-corrected chi connectivity index (χ2v) is 5.79. The second-order valence-electron chi connectivity index (χ2n) is 4.20. The largest absolute Gasteiger partial charge is 0.301 e. The van der Waals surface area contributed by atoms with Crippen LogP contribution >= 0.6 is 24.4 Å². The Labute approximate surface area is 108 Å². The van der Waals surface area contributed by atoms with Crippen molar-refractivity contribution in [2.45, 2.75) is 5.92 Å². The van der Waals surface area contributed by atoms with E-state index in [0.29, 0.717) is 5.92 Å². The van der Waals surface area contributed by atoms with E-state index in [1.54, 1.807) is 0 Å². The lowest BCUT2D eigenvalue weighted by molar-refractivity contribution is 0.289. The predicted molar refractivity (Wildman–Crippen MR) is 76.8 cm³/mol. The standard InChI is InChI=1S/C13H19NS2/c15-11-13(12-4-2-1-3-5-12)10-14-6-8-16-9-7-14/h1-5,13,15H,6-11H2. The van der Waals surface area contributed by atoms with E-state index in [1.807, 2.05) is 0 Å². The maximum absolute atomic E-state index is 4.49. The van der Waals surface area contributed by atoms with Crippen molar-refractivity contribution < 1.29 is 0 Å². The Hall–Kier alpha value is -0.120. The van der Waals surface area contributed by atoms with Crippen LogP contribution in [0.1, 0.15) is 11.5 Å². The number of hydrogen-bond donors (Lipinski definition) is 1. The topological polar surface area (TPSA) is 3.24 Å². The molecule has 1 saturated heterocycles. The molecule has 1 aliphatic heterocycles. The van der Waals surface area contributed by atoms with E-state index in [1.165, 1.54) is 30.2 Å². The van der Waals surface area contributed by atoms with Crippen LogP contribution in [0.5, 0.6) is 0 Å². The summed E-state index contributed by atoms with van der Waals surface area (Å²) in [5.41, 5.74) is 1.43. The summed E-state index contributed by atoms with van der Waals surface area (Å²) in [7, 11) is 0. The summed E-state index contributed by atoms with van der Waals surface area (Å²) < 4.78 is 0. The van der Waals surface area contributed by atoms with Gasteiger partial charge in [0.15, 0.2) is 0 Å². The molecule has 0 amide bonds. The van der Waals surface area contributed by atoms with Crippen molar-refractivity contribution in [3.63, 3.8) is 0 Å². The summed E-state index contributed by atoms with van der Waals surface area (Å²) in [6, 6.07) is 10.8. The normalized spacial score (nSPS) is 19.6. The van der Waals surface area contributed by atoms with E-state index < -0.39 is 0 Å². The molecule has 0 aliphatic carbocycles. The molecule has 0 saturated carbocycles. The van der Waals surface area contributed by atoms with Crippen molar-refractivity contribution >= 4 is 24.4 Å². The molecular weight excluding hydrogens is 234 g/mol. The van der Waals surface area contributed by atoms with Crippen LogP contribution in [-0.2, 0) is 0 Å². The minimum atomic E-state index is 0.577. The van der Waals surface area contributed by atoms with Crippen LogP contribution in [0.15, 0.2) is 30.3 Å². The molecule has 1 atom stereocenters. The average molecular weight is 253 g/mol. The van der Waals surface area contributed by atoms with Crippen molar-refractivity contribution in [1.82, 2.24) is 4.90 Å². The number of hydrogen-bond acceptors (Lipinski definition) is 3. The lowest BCUT2D eigenvalue weighted by atomic mass is 10.0. The van der Waals surface area contributed by atoms with Crippen LogP contribution in [-0.4, -0.2) is 41.8 Å². The fraction of sp³-hybridized carbons (Fsp3) is 0.538. The molecule has 3 heteroatoms. The molecule has 1 fully saturated rings. The van der Waals surface area contributed by atoms with Crippen molar-refractivity contribution in [2.75, 3.05) is 36.9 Å². The van der Waals surface area contributed by atoms with Gasteiger partial charge in [0, 0.05) is 37.1 Å². The monoisotopic (exact) mass is 253 g/mol. The Balaban J connectivity index is 1.94. The van der Waals surface area contributed by atoms with Gasteiger partial charge in [0.2, 0.25) is 0 Å². The molecule has 0 N–H and O–H groups in total. The molecule has 16 heavy (non-hydrogen) atoms. The Bertz CT molecular complexity index is 296. The van der Waals surface area contributed by atoms with Crippen LogP contribution in [0, 0.1) is 0 Å². The molecule has 1 aromatic rings. The van der Waals surface area contributed by atoms with E-state index >= 15 is 0 Å². The minimum Gasteiger partial charge on any atom is -0.301 e. The zero-order valence-corrected chi connectivity index (χ0v) is 11.2. The summed E-state index contributed by atoms with van der Waals surface area (Å²) in [5.74, 6) is 4.09. The van der Waals surface area contributed by atoms with Crippen LogP contribution in [0.4, 0.5) is 0 Å². The van der Waals surface area contributed by atoms with Crippen molar-refractivity contribution in [1.29, 1.82) is 0 Å². The van der Waals surface area contributed by atoms with E-state index in [0.717, 1.165) is 12.3 Å². The van der Waals surface area contributed by atoms with Crippen molar-refractivity contribution in [3.05, 3.63) is 35.9 Å². The Kier molecular flexibility index (Phi) is 5.07. The molecule has 0 aromatic heterocycles. The van der Waals surface area contributed by atoms with Crippen LogP contribution in [0.2, 0.25) is 0 Å². The first-order valence-corrected chi connectivity index (χ1v) is 7.65. The molecule has 1 aromatic carbocycles. The third-order valence-corrected chi connectivity index (χ3v) is 4.46. The van der Waals surface area contributed by atoms with Gasteiger partial charge in [-0.1, -0.05) is 30.3 Å². The fourth-order valence-electron chi connectivity index (χ4n) is 2.09. The first-order valence-electron chi connectivity index (χ1n) is 5.86. The maximum atomic E-state index is 4.49. The van der Waals surface area contributed by atoms with Gasteiger partial charge in [-0.05, 0) is 11.3 Å². The molecule has 2 rings (SSSR count). The zero-order valence-electron chi connectivity index (χ0n) is 9.51. The van der Waals surface area contributed by atoms with E-state index in [-0.39, 0.29) is 0 Å². The second kappa shape index (κ2) is 6.58. The lowest BCUT2D eigenvalue weighted by Crippen LogP contribution is -2.36. The highest BCUT2D eigenvalue weighted by Gasteiger charge is 2.16. The van der Waals surface area contributed by atoms with E-state index in [9.17, 15) is 0 Å². The Morgan fingerprint density at radius 2 is 1.88 bits per heavy atom. The van der Waals surface area contributed by atoms with E-state index in [4.69, 9.17) is 0 Å². The summed E-state index contributed by atoms with van der Waals surface area (Å²) in [5, 5.41) is 0. The molecule has 0 bridgehead atoms. The molecular formula is C13H19NS2. The molecule has 1 nitrogen and oxygen atoms in total. The number of thioether (sulfide) groups is 1. The SMILES string of the molecule is SCC(CN1CCSCC1)c1ccccc1. The van der Waals surface area contributed by atoms with Gasteiger partial charge in [-0.2, -0.15) is 24.4 Å². The van der Waals surface area contributed by atoms with Gasteiger partial charge in [0.25, 0.3) is 0 Å². The van der Waals surface area contributed by atoms with E-state index in [2.05, 4.69) is 59.6 Å². The molecule has 1 heterocycles. The highest BCUT2D eigenvalue weighted by Crippen LogP contribution is 2.20. The minimum absolute atomic E-state index is 0.577. The number of thiol groups is 1. The first-order chi connectivity index (χ1) is 7.90. The summed E-state index contributed by atoms with van der Waals surface area (Å²) >= 11 is 6.56. The van der Waals surface area contributed by atoms with Gasteiger partial charge < -0.3 is 4.90 Å². The smallest absolute Gasteiger partial charge is 0.00729 e. The van der Waals surface area contributed by atoms with Crippen LogP contribution < -0.4 is 0 Å². The summed E-state index contributed by atoms with van der Waals surface area (Å²) in [4.78, 5) is 2.57. The zero-order chi connectivity index (χ0) is 11.2. The van der Waals surface area contributed by atoms with Gasteiger partial charge in [0.1, 0.15) is 0 Å². The molecule has 88 valence electrons. The number of benzene rings is 1. The summed E-state index contributed by atoms with van der Waals surface area (Å²) in [6.45, 7) is 3.64. The van der Waals surface area contributed by atoms with Crippen molar-refractivity contribution in [2.24, 2.45) is 0 Å². The predicted octanol–water partition coefficient (Wildman–Crippen LogP) is 2.75. The summed E-state index contributed by atoms with van der Waals surface area (Å²) in [6.07, 6.45) is 0. The number of nitrogens with zero attached hydrogens (tertiary/aromatic N) is 1. The van der Waals surface area contributed by atoms with Gasteiger partial charge in [-0.3, -0.25) is 0 Å². The van der Waals surface area contributed by atoms with Crippen LogP contribution in [0.3, 0.4) is 0 Å². The Morgan fingerprint density at radius 3 is 2.50 bits per heavy atom. The molecule has 0 spiro atoms. The maximum Gasteiger partial charge on any atom is 0.00729 e. The first kappa shape index (κ1) is 12.3. The van der Waals surface area contributed by atoms with Crippen molar-refractivity contribution in [3.8, 4) is 0 Å². The van der Waals surface area contributed by atoms with Gasteiger partial charge >= 0.3 is 0 Å². The number of rotatable bonds is 4. The third-order valence-electron chi connectivity index (χ3n) is 3.07. The lowest BCUT2D eigenvalue weighted by Gasteiger charge is -2.29. The third kappa shape index (κ3) is 3.44. The molecule has 0 radical (unpaired) electrons. The quantitative estimate of drug-likeness (QED) is 0.822. The molecule has 1 aliphatic rings. The molecule has 1 unspecified atom stereocenters. The van der Waals surface area contributed by atoms with Gasteiger partial charge in [0.05, 0.1) is 0 Å². The fourth-order valence-corrected chi connectivity index (χ4v) is 3.39. The van der Waals surface area contributed by atoms with Gasteiger partial charge in [-0.15, -0.1) is 0 Å². The van der Waals surface area contributed by atoms with Gasteiger partial charge in [-0.25, -0.2) is 0 Å². The highest BCUT2D eigenvalue weighted by molar-refractivity contribution is 7.99. The highest BCUT2D eigenvalue weighted by atomic mass is 32.2. The average Bonchev–Trinajstić information content (AvgIpc) is 2.38. The Morgan fingerprint density at radius 1 is 1.19 bits per heavy atom.